The third kappa shape index (κ3) is 4.51. The van der Waals surface area contributed by atoms with Gasteiger partial charge in [0, 0.05) is 11.8 Å². The van der Waals surface area contributed by atoms with Crippen LogP contribution >= 0.6 is 12.2 Å². The molecule has 0 aromatic heterocycles. The summed E-state index contributed by atoms with van der Waals surface area (Å²) < 4.78 is 48.5. The molecule has 0 spiro atoms. The number of nitrogens with one attached hydrogen (secondary N) is 2. The van der Waals surface area contributed by atoms with E-state index >= 15 is 0 Å². The van der Waals surface area contributed by atoms with Crippen molar-refractivity contribution in [3.05, 3.63) is 48.0 Å². The minimum Gasteiger partial charge on any atom is -0.497 e. The molecule has 0 saturated carbocycles. The lowest BCUT2D eigenvalue weighted by Gasteiger charge is -2.15. The maximum atomic E-state index is 12.7. The molecule has 128 valence electrons. The third-order valence-corrected chi connectivity index (χ3v) is 3.31. The molecule has 0 aliphatic heterocycles. The van der Waals surface area contributed by atoms with Crippen LogP contribution in [0.4, 0.5) is 24.5 Å². The van der Waals surface area contributed by atoms with Gasteiger partial charge in [0.25, 0.3) is 0 Å². The predicted octanol–water partition coefficient (Wildman–Crippen LogP) is 4.53. The van der Waals surface area contributed by atoms with E-state index in [1.54, 1.807) is 18.2 Å². The van der Waals surface area contributed by atoms with Gasteiger partial charge in [-0.1, -0.05) is 6.07 Å². The number of hydrogen-bond donors (Lipinski definition) is 2. The van der Waals surface area contributed by atoms with E-state index < -0.39 is 11.7 Å². The molecule has 0 aliphatic carbocycles. The number of ether oxygens (including phenoxy) is 2. The van der Waals surface area contributed by atoms with Gasteiger partial charge in [0.05, 0.1) is 25.5 Å². The molecule has 8 heteroatoms. The SMILES string of the molecule is COc1ccc(OC)c(NC(=S)Nc2cccc(C(F)(F)F)c2)c1. The van der Waals surface area contributed by atoms with Crippen molar-refractivity contribution in [2.24, 2.45) is 0 Å². The van der Waals surface area contributed by atoms with Crippen molar-refractivity contribution in [1.82, 2.24) is 0 Å². The van der Waals surface area contributed by atoms with Gasteiger partial charge in [-0.2, -0.15) is 13.2 Å². The summed E-state index contributed by atoms with van der Waals surface area (Å²) in [6, 6.07) is 9.84. The Morgan fingerprint density at radius 3 is 2.38 bits per heavy atom. The number of halogens is 3. The first-order valence-electron chi connectivity index (χ1n) is 6.81. The smallest absolute Gasteiger partial charge is 0.416 e. The molecule has 0 bridgehead atoms. The Morgan fingerprint density at radius 2 is 1.75 bits per heavy atom. The first kappa shape index (κ1) is 17.9. The predicted molar refractivity (Wildman–Crippen MR) is 90.8 cm³/mol. The number of benzene rings is 2. The summed E-state index contributed by atoms with van der Waals surface area (Å²) >= 11 is 5.14. The molecular formula is C16H15F3N2O2S. The molecule has 2 aromatic rings. The molecular weight excluding hydrogens is 341 g/mol. The molecule has 24 heavy (non-hydrogen) atoms. The lowest BCUT2D eigenvalue weighted by Crippen LogP contribution is -2.20. The zero-order valence-corrected chi connectivity index (χ0v) is 13.7. The molecule has 2 aromatic carbocycles. The van der Waals surface area contributed by atoms with Gasteiger partial charge in [0.1, 0.15) is 11.5 Å². The molecule has 0 amide bonds. The minimum absolute atomic E-state index is 0.126. The Kier molecular flexibility index (Phi) is 5.50. The highest BCUT2D eigenvalue weighted by Crippen LogP contribution is 2.31. The summed E-state index contributed by atoms with van der Waals surface area (Å²) in [6.45, 7) is 0. The van der Waals surface area contributed by atoms with E-state index in [4.69, 9.17) is 21.7 Å². The summed E-state index contributed by atoms with van der Waals surface area (Å²) in [5.41, 5.74) is -0.000208. The van der Waals surface area contributed by atoms with Gasteiger partial charge < -0.3 is 20.1 Å². The third-order valence-electron chi connectivity index (χ3n) is 3.10. The van der Waals surface area contributed by atoms with Crippen LogP contribution in [0.2, 0.25) is 0 Å². The maximum absolute atomic E-state index is 12.7. The maximum Gasteiger partial charge on any atom is 0.416 e. The quantitative estimate of drug-likeness (QED) is 0.788. The van der Waals surface area contributed by atoms with E-state index in [-0.39, 0.29) is 10.8 Å². The van der Waals surface area contributed by atoms with Crippen molar-refractivity contribution >= 4 is 28.7 Å². The number of hydrogen-bond acceptors (Lipinski definition) is 3. The number of alkyl halides is 3. The van der Waals surface area contributed by atoms with Crippen molar-refractivity contribution in [3.8, 4) is 11.5 Å². The zero-order chi connectivity index (χ0) is 17.7. The summed E-state index contributed by atoms with van der Waals surface area (Å²) in [7, 11) is 3.01. The first-order chi connectivity index (χ1) is 11.3. The average molecular weight is 356 g/mol. The van der Waals surface area contributed by atoms with Crippen molar-refractivity contribution in [3.63, 3.8) is 0 Å². The first-order valence-corrected chi connectivity index (χ1v) is 7.21. The Hall–Kier alpha value is -2.48. The fourth-order valence-electron chi connectivity index (χ4n) is 1.97. The Bertz CT molecular complexity index is 736. The van der Waals surface area contributed by atoms with E-state index in [0.29, 0.717) is 17.2 Å². The molecule has 2 N–H and O–H groups in total. The molecule has 0 unspecified atom stereocenters. The van der Waals surface area contributed by atoms with Crippen molar-refractivity contribution in [1.29, 1.82) is 0 Å². The normalized spacial score (nSPS) is 10.9. The van der Waals surface area contributed by atoms with Crippen LogP contribution < -0.4 is 20.1 Å². The van der Waals surface area contributed by atoms with Gasteiger partial charge in [-0.25, -0.2) is 0 Å². The van der Waals surface area contributed by atoms with Crippen LogP contribution in [0.5, 0.6) is 11.5 Å². The van der Waals surface area contributed by atoms with Crippen LogP contribution in [-0.2, 0) is 6.18 Å². The van der Waals surface area contributed by atoms with Crippen molar-refractivity contribution in [2.45, 2.75) is 6.18 Å². The number of methoxy groups -OCH3 is 2. The van der Waals surface area contributed by atoms with Crippen LogP contribution in [-0.4, -0.2) is 19.3 Å². The van der Waals surface area contributed by atoms with Gasteiger partial charge in [-0.05, 0) is 42.5 Å². The van der Waals surface area contributed by atoms with Gasteiger partial charge in [0.2, 0.25) is 0 Å². The molecule has 4 nitrogen and oxygen atoms in total. The highest BCUT2D eigenvalue weighted by Gasteiger charge is 2.30. The molecule has 0 atom stereocenters. The van der Waals surface area contributed by atoms with E-state index in [2.05, 4.69) is 10.6 Å². The molecule has 0 fully saturated rings. The Labute approximate surface area is 142 Å². The molecule has 0 saturated heterocycles. The largest absolute Gasteiger partial charge is 0.497 e. The number of rotatable bonds is 4. The van der Waals surface area contributed by atoms with Gasteiger partial charge >= 0.3 is 6.18 Å². The number of anilines is 2. The molecule has 2 rings (SSSR count). The minimum atomic E-state index is -4.41. The highest BCUT2D eigenvalue weighted by atomic mass is 32.1. The summed E-state index contributed by atoms with van der Waals surface area (Å²) in [6.07, 6.45) is -4.41. The summed E-state index contributed by atoms with van der Waals surface area (Å²) in [5, 5.41) is 5.72. The second-order valence-electron chi connectivity index (χ2n) is 4.72. The van der Waals surface area contributed by atoms with Crippen LogP contribution in [0.1, 0.15) is 5.56 Å². The molecule has 0 heterocycles. The lowest BCUT2D eigenvalue weighted by atomic mass is 10.2. The molecule has 0 aliphatic rings. The van der Waals surface area contributed by atoms with Crippen LogP contribution in [0.15, 0.2) is 42.5 Å². The Balaban J connectivity index is 2.14. The van der Waals surface area contributed by atoms with Crippen molar-refractivity contribution < 1.29 is 22.6 Å². The van der Waals surface area contributed by atoms with Crippen molar-refractivity contribution in [2.75, 3.05) is 24.9 Å². The van der Waals surface area contributed by atoms with Crippen LogP contribution in [0.25, 0.3) is 0 Å². The topological polar surface area (TPSA) is 42.5 Å². The van der Waals surface area contributed by atoms with E-state index in [1.807, 2.05) is 0 Å². The van der Waals surface area contributed by atoms with Gasteiger partial charge in [-0.15, -0.1) is 0 Å². The van der Waals surface area contributed by atoms with E-state index in [0.717, 1.165) is 12.1 Å². The van der Waals surface area contributed by atoms with Crippen LogP contribution in [0.3, 0.4) is 0 Å². The summed E-state index contributed by atoms with van der Waals surface area (Å²) in [4.78, 5) is 0. The Morgan fingerprint density at radius 1 is 1.00 bits per heavy atom. The fraction of sp³-hybridized carbons (Fsp3) is 0.188. The monoisotopic (exact) mass is 356 g/mol. The van der Waals surface area contributed by atoms with Gasteiger partial charge in [0.15, 0.2) is 5.11 Å². The fourth-order valence-corrected chi connectivity index (χ4v) is 2.20. The molecule has 0 radical (unpaired) electrons. The van der Waals surface area contributed by atoms with E-state index in [9.17, 15) is 13.2 Å². The van der Waals surface area contributed by atoms with Gasteiger partial charge in [-0.3, -0.25) is 0 Å². The van der Waals surface area contributed by atoms with Crippen LogP contribution in [0, 0.1) is 0 Å². The van der Waals surface area contributed by atoms with E-state index in [1.165, 1.54) is 26.4 Å². The lowest BCUT2D eigenvalue weighted by molar-refractivity contribution is -0.137. The zero-order valence-electron chi connectivity index (χ0n) is 12.9. The highest BCUT2D eigenvalue weighted by molar-refractivity contribution is 7.80. The average Bonchev–Trinajstić information content (AvgIpc) is 2.54. The summed E-state index contributed by atoms with van der Waals surface area (Å²) in [5.74, 6) is 1.10. The standard InChI is InChI=1S/C16H15F3N2O2S/c1-22-12-6-7-14(23-2)13(9-12)21-15(24)20-11-5-3-4-10(8-11)16(17,18)19/h3-9H,1-2H3,(H2,20,21,24). The second-order valence-corrected chi connectivity index (χ2v) is 5.13. The second kappa shape index (κ2) is 7.39. The number of thiocarbonyl (C=S) groups is 1.